The first-order chi connectivity index (χ1) is 8.61. The van der Waals surface area contributed by atoms with Crippen LogP contribution in [0.1, 0.15) is 32.6 Å². The van der Waals surface area contributed by atoms with Gasteiger partial charge in [-0.1, -0.05) is 19.3 Å². The third-order valence-corrected chi connectivity index (χ3v) is 3.19. The summed E-state index contributed by atoms with van der Waals surface area (Å²) in [6, 6.07) is -1.11. The van der Waals surface area contributed by atoms with E-state index in [2.05, 4.69) is 5.92 Å². The van der Waals surface area contributed by atoms with Gasteiger partial charge in [0.1, 0.15) is 12.1 Å². The first kappa shape index (κ1) is 14.5. The Balaban J connectivity index is 2.75. The highest BCUT2D eigenvalue weighted by atomic mass is 16.5. The van der Waals surface area contributed by atoms with Crippen LogP contribution in [0.15, 0.2) is 0 Å². The Morgan fingerprint density at radius 3 is 2.83 bits per heavy atom. The van der Waals surface area contributed by atoms with E-state index in [0.717, 1.165) is 12.8 Å². The quantitative estimate of drug-likeness (QED) is 0.582. The molecule has 0 amide bonds. The SMILES string of the molecule is C#CCOC(=O)C(CC)N1CCCCC1C(=O)O. The second kappa shape index (κ2) is 7.02. The molecule has 0 radical (unpaired) electrons. The summed E-state index contributed by atoms with van der Waals surface area (Å²) >= 11 is 0. The molecule has 18 heavy (non-hydrogen) atoms. The van der Waals surface area contributed by atoms with Gasteiger partial charge in [0, 0.05) is 0 Å². The van der Waals surface area contributed by atoms with Crippen molar-refractivity contribution in [2.45, 2.75) is 44.7 Å². The van der Waals surface area contributed by atoms with E-state index in [1.807, 2.05) is 6.92 Å². The van der Waals surface area contributed by atoms with Crippen molar-refractivity contribution >= 4 is 11.9 Å². The van der Waals surface area contributed by atoms with Gasteiger partial charge in [0.05, 0.1) is 0 Å². The Bertz CT molecular complexity index is 347. The zero-order valence-electron chi connectivity index (χ0n) is 10.6. The van der Waals surface area contributed by atoms with Crippen LogP contribution in [0.2, 0.25) is 0 Å². The molecule has 2 unspecified atom stereocenters. The summed E-state index contributed by atoms with van der Waals surface area (Å²) < 4.78 is 4.92. The number of esters is 1. The highest BCUT2D eigenvalue weighted by Crippen LogP contribution is 2.22. The fourth-order valence-electron chi connectivity index (χ4n) is 2.34. The highest BCUT2D eigenvalue weighted by molar-refractivity contribution is 5.79. The molecule has 100 valence electrons. The Hall–Kier alpha value is -1.54. The lowest BCUT2D eigenvalue weighted by atomic mass is 9.99. The molecule has 0 aromatic carbocycles. The Morgan fingerprint density at radius 1 is 1.56 bits per heavy atom. The minimum Gasteiger partial charge on any atom is -0.480 e. The van der Waals surface area contributed by atoms with Gasteiger partial charge in [0.25, 0.3) is 0 Å². The number of hydrogen-bond donors (Lipinski definition) is 1. The van der Waals surface area contributed by atoms with Gasteiger partial charge >= 0.3 is 11.9 Å². The molecule has 0 aromatic heterocycles. The maximum atomic E-state index is 11.8. The van der Waals surface area contributed by atoms with Gasteiger partial charge in [-0.05, 0) is 25.8 Å². The topological polar surface area (TPSA) is 66.8 Å². The number of ether oxygens (including phenoxy) is 1. The van der Waals surface area contributed by atoms with Gasteiger partial charge in [-0.2, -0.15) is 0 Å². The number of rotatable bonds is 5. The van der Waals surface area contributed by atoms with Crippen LogP contribution in [0.5, 0.6) is 0 Å². The van der Waals surface area contributed by atoms with E-state index in [9.17, 15) is 14.7 Å². The average molecular weight is 253 g/mol. The number of nitrogens with zero attached hydrogens (tertiary/aromatic N) is 1. The standard InChI is InChI=1S/C13H19NO4/c1-3-9-18-13(17)10(4-2)14-8-6-5-7-11(14)12(15)16/h1,10-11H,4-9H2,2H3,(H,15,16). The van der Waals surface area contributed by atoms with E-state index in [4.69, 9.17) is 11.2 Å². The van der Waals surface area contributed by atoms with Crippen molar-refractivity contribution in [3.63, 3.8) is 0 Å². The first-order valence-corrected chi connectivity index (χ1v) is 6.20. The van der Waals surface area contributed by atoms with Crippen LogP contribution in [-0.2, 0) is 14.3 Å². The van der Waals surface area contributed by atoms with Crippen molar-refractivity contribution in [1.29, 1.82) is 0 Å². The van der Waals surface area contributed by atoms with Crippen molar-refractivity contribution in [3.8, 4) is 12.3 Å². The minimum atomic E-state index is -0.877. The van der Waals surface area contributed by atoms with Crippen molar-refractivity contribution in [1.82, 2.24) is 4.90 Å². The molecule has 0 saturated carbocycles. The molecule has 0 spiro atoms. The zero-order chi connectivity index (χ0) is 13.5. The predicted molar refractivity (Wildman–Crippen MR) is 65.9 cm³/mol. The first-order valence-electron chi connectivity index (χ1n) is 6.20. The number of aliphatic carboxylic acids is 1. The lowest BCUT2D eigenvalue weighted by Crippen LogP contribution is -2.53. The molecule has 0 aliphatic carbocycles. The number of terminal acetylenes is 1. The van der Waals surface area contributed by atoms with Gasteiger partial charge < -0.3 is 9.84 Å². The number of carbonyl (C=O) groups excluding carboxylic acids is 1. The number of carboxylic acid groups (broad SMARTS) is 1. The molecular formula is C13H19NO4. The molecule has 1 saturated heterocycles. The Kier molecular flexibility index (Phi) is 5.66. The van der Waals surface area contributed by atoms with Crippen LogP contribution in [0.3, 0.4) is 0 Å². The van der Waals surface area contributed by atoms with E-state index in [0.29, 0.717) is 19.4 Å². The molecule has 2 atom stereocenters. The van der Waals surface area contributed by atoms with Crippen LogP contribution in [-0.4, -0.2) is 47.2 Å². The molecule has 1 fully saturated rings. The van der Waals surface area contributed by atoms with E-state index >= 15 is 0 Å². The van der Waals surface area contributed by atoms with E-state index in [1.165, 1.54) is 0 Å². The largest absolute Gasteiger partial charge is 0.480 e. The smallest absolute Gasteiger partial charge is 0.324 e. The van der Waals surface area contributed by atoms with Crippen molar-refractivity contribution in [3.05, 3.63) is 0 Å². The predicted octanol–water partition coefficient (Wildman–Crippen LogP) is 0.881. The van der Waals surface area contributed by atoms with Gasteiger partial charge in [-0.3, -0.25) is 14.5 Å². The number of carboxylic acids is 1. The highest BCUT2D eigenvalue weighted by Gasteiger charge is 2.36. The van der Waals surface area contributed by atoms with Gasteiger partial charge in [0.15, 0.2) is 6.61 Å². The molecule has 0 bridgehead atoms. The van der Waals surface area contributed by atoms with Crippen LogP contribution >= 0.6 is 0 Å². The molecular weight excluding hydrogens is 234 g/mol. The lowest BCUT2D eigenvalue weighted by molar-refractivity contribution is -0.155. The zero-order valence-corrected chi connectivity index (χ0v) is 10.6. The Labute approximate surface area is 107 Å². The van der Waals surface area contributed by atoms with Crippen LogP contribution in [0.4, 0.5) is 0 Å². The molecule has 1 aliphatic rings. The van der Waals surface area contributed by atoms with E-state index in [1.54, 1.807) is 4.90 Å². The molecule has 1 aliphatic heterocycles. The van der Waals surface area contributed by atoms with E-state index < -0.39 is 24.0 Å². The summed E-state index contributed by atoms with van der Waals surface area (Å²) in [5.74, 6) is 0.932. The second-order valence-electron chi connectivity index (χ2n) is 4.32. The third kappa shape index (κ3) is 3.47. The molecule has 0 aromatic rings. The second-order valence-corrected chi connectivity index (χ2v) is 4.32. The van der Waals surface area contributed by atoms with Gasteiger partial charge in [0.2, 0.25) is 0 Å². The average Bonchev–Trinajstić information content (AvgIpc) is 2.37. The van der Waals surface area contributed by atoms with Crippen LogP contribution < -0.4 is 0 Å². The summed E-state index contributed by atoms with van der Waals surface area (Å²) in [6.07, 6.45) is 7.92. The molecule has 5 heteroatoms. The summed E-state index contributed by atoms with van der Waals surface area (Å²) in [5, 5.41) is 9.18. The maximum Gasteiger partial charge on any atom is 0.324 e. The number of carbonyl (C=O) groups is 2. The van der Waals surface area contributed by atoms with Crippen LogP contribution in [0.25, 0.3) is 0 Å². The summed E-state index contributed by atoms with van der Waals surface area (Å²) in [4.78, 5) is 24.8. The number of likely N-dealkylation sites (tertiary alicyclic amines) is 1. The van der Waals surface area contributed by atoms with Crippen molar-refractivity contribution in [2.24, 2.45) is 0 Å². The molecule has 5 nitrogen and oxygen atoms in total. The third-order valence-electron chi connectivity index (χ3n) is 3.19. The molecule has 1 heterocycles. The van der Waals surface area contributed by atoms with Crippen LogP contribution in [0, 0.1) is 12.3 Å². The van der Waals surface area contributed by atoms with Crippen molar-refractivity contribution in [2.75, 3.05) is 13.2 Å². The molecule has 1 N–H and O–H groups in total. The summed E-state index contributed by atoms with van der Waals surface area (Å²) in [5.41, 5.74) is 0. The fraction of sp³-hybridized carbons (Fsp3) is 0.692. The maximum absolute atomic E-state index is 11.8. The van der Waals surface area contributed by atoms with Gasteiger partial charge in [-0.15, -0.1) is 6.42 Å². The van der Waals surface area contributed by atoms with Crippen molar-refractivity contribution < 1.29 is 19.4 Å². The number of hydrogen-bond acceptors (Lipinski definition) is 4. The lowest BCUT2D eigenvalue weighted by Gasteiger charge is -2.37. The van der Waals surface area contributed by atoms with Gasteiger partial charge in [-0.25, -0.2) is 0 Å². The molecule has 1 rings (SSSR count). The summed E-state index contributed by atoms with van der Waals surface area (Å²) in [6.45, 7) is 2.39. The normalized spacial score (nSPS) is 21.9. The van der Waals surface area contributed by atoms with E-state index in [-0.39, 0.29) is 6.61 Å². The number of piperidine rings is 1. The monoisotopic (exact) mass is 253 g/mol. The minimum absolute atomic E-state index is 0.0685. The summed E-state index contributed by atoms with van der Waals surface area (Å²) in [7, 11) is 0. The Morgan fingerprint density at radius 2 is 2.28 bits per heavy atom. The fourth-order valence-corrected chi connectivity index (χ4v) is 2.34.